The van der Waals surface area contributed by atoms with Crippen molar-refractivity contribution in [1.82, 2.24) is 5.32 Å². The smallest absolute Gasteiger partial charge is 0.303 e. The van der Waals surface area contributed by atoms with Crippen LogP contribution in [0, 0.1) is 0 Å². The van der Waals surface area contributed by atoms with Gasteiger partial charge in [-0.25, -0.2) is 0 Å². The van der Waals surface area contributed by atoms with Crippen LogP contribution in [-0.4, -0.2) is 29.1 Å². The van der Waals surface area contributed by atoms with Gasteiger partial charge in [-0.05, 0) is 26.7 Å². The zero-order chi connectivity index (χ0) is 11.9. The molecule has 0 spiro atoms. The lowest BCUT2D eigenvalue weighted by Gasteiger charge is -2.17. The fraction of sp³-hybridized carbons (Fsp3) is 0.800. The predicted molar refractivity (Wildman–Crippen MR) is 57.4 cm³/mol. The van der Waals surface area contributed by atoms with Crippen LogP contribution in [0.3, 0.4) is 0 Å². The number of rotatable bonds is 7. The van der Waals surface area contributed by atoms with Crippen molar-refractivity contribution in [1.29, 1.82) is 0 Å². The third-order valence-electron chi connectivity index (χ3n) is 1.94. The van der Waals surface area contributed by atoms with Gasteiger partial charge in [0.1, 0.15) is 0 Å². The average Bonchev–Trinajstić information content (AvgIpc) is 2.08. The van der Waals surface area contributed by atoms with E-state index in [2.05, 4.69) is 5.32 Å². The number of carbonyl (C=O) groups excluding carboxylic acids is 1. The van der Waals surface area contributed by atoms with Crippen molar-refractivity contribution in [3.8, 4) is 0 Å². The molecule has 0 aliphatic carbocycles. The number of hydrogen-bond acceptors (Lipinski definition) is 3. The van der Waals surface area contributed by atoms with Crippen LogP contribution in [0.5, 0.6) is 0 Å². The van der Waals surface area contributed by atoms with E-state index < -0.39 is 11.5 Å². The number of aliphatic carboxylic acids is 1. The molecule has 1 amide bonds. The minimum absolute atomic E-state index is 0.180. The monoisotopic (exact) mass is 216 g/mol. The van der Waals surface area contributed by atoms with Gasteiger partial charge in [-0.3, -0.25) is 9.59 Å². The lowest BCUT2D eigenvalue weighted by atomic mass is 10.1. The summed E-state index contributed by atoms with van der Waals surface area (Å²) in [5.74, 6) is -0.956. The van der Waals surface area contributed by atoms with E-state index in [4.69, 9.17) is 10.8 Å². The molecule has 4 N–H and O–H groups in total. The first kappa shape index (κ1) is 13.9. The second-order valence-electron chi connectivity index (χ2n) is 4.18. The molecule has 0 aliphatic heterocycles. The molecule has 0 unspecified atom stereocenters. The molecule has 0 saturated carbocycles. The number of carbonyl (C=O) groups is 2. The quantitative estimate of drug-likeness (QED) is 0.540. The van der Waals surface area contributed by atoms with E-state index in [9.17, 15) is 9.59 Å². The second-order valence-corrected chi connectivity index (χ2v) is 4.18. The van der Waals surface area contributed by atoms with Gasteiger partial charge >= 0.3 is 5.97 Å². The van der Waals surface area contributed by atoms with Crippen molar-refractivity contribution in [2.24, 2.45) is 5.73 Å². The van der Waals surface area contributed by atoms with Crippen molar-refractivity contribution in [3.05, 3.63) is 0 Å². The van der Waals surface area contributed by atoms with Crippen LogP contribution < -0.4 is 11.1 Å². The van der Waals surface area contributed by atoms with Crippen molar-refractivity contribution < 1.29 is 14.7 Å². The first-order valence-electron chi connectivity index (χ1n) is 5.13. The van der Waals surface area contributed by atoms with Crippen molar-refractivity contribution >= 4 is 11.9 Å². The average molecular weight is 216 g/mol. The number of unbranched alkanes of at least 4 members (excludes halogenated alkanes) is 2. The zero-order valence-electron chi connectivity index (χ0n) is 9.38. The summed E-state index contributed by atoms with van der Waals surface area (Å²) in [6, 6.07) is 0. The van der Waals surface area contributed by atoms with Gasteiger partial charge in [-0.2, -0.15) is 0 Å². The number of carboxylic acids is 1. The molecular formula is C10H20N2O3. The summed E-state index contributed by atoms with van der Waals surface area (Å²) in [6.45, 7) is 3.85. The van der Waals surface area contributed by atoms with E-state index >= 15 is 0 Å². The molecule has 15 heavy (non-hydrogen) atoms. The maximum atomic E-state index is 11.3. The summed E-state index contributed by atoms with van der Waals surface area (Å²) in [6.07, 6.45) is 2.43. The van der Waals surface area contributed by atoms with Gasteiger partial charge in [0.25, 0.3) is 0 Å². The van der Waals surface area contributed by atoms with Crippen LogP contribution in [0.25, 0.3) is 0 Å². The molecule has 0 radical (unpaired) electrons. The van der Waals surface area contributed by atoms with Gasteiger partial charge in [-0.1, -0.05) is 6.42 Å². The Morgan fingerprint density at radius 3 is 2.33 bits per heavy atom. The van der Waals surface area contributed by atoms with Gasteiger partial charge in [0.15, 0.2) is 0 Å². The molecule has 0 rings (SSSR count). The third kappa shape index (κ3) is 7.93. The summed E-state index contributed by atoms with van der Waals surface area (Å²) in [5.41, 5.74) is 4.72. The molecule has 0 atom stereocenters. The number of nitrogens with two attached hydrogens (primary N) is 1. The van der Waals surface area contributed by atoms with E-state index in [1.165, 1.54) is 0 Å². The molecule has 0 saturated heterocycles. The van der Waals surface area contributed by atoms with E-state index in [1.54, 1.807) is 13.8 Å². The van der Waals surface area contributed by atoms with Crippen LogP contribution >= 0.6 is 0 Å². The topological polar surface area (TPSA) is 92.4 Å². The van der Waals surface area contributed by atoms with Crippen LogP contribution in [-0.2, 0) is 9.59 Å². The lowest BCUT2D eigenvalue weighted by molar-refractivity contribution is -0.137. The minimum atomic E-state index is -0.846. The highest BCUT2D eigenvalue weighted by atomic mass is 16.4. The van der Waals surface area contributed by atoms with Crippen molar-refractivity contribution in [2.75, 3.05) is 6.54 Å². The number of hydrogen-bond donors (Lipinski definition) is 3. The van der Waals surface area contributed by atoms with Crippen LogP contribution in [0.2, 0.25) is 0 Å². The summed E-state index contributed by atoms with van der Waals surface area (Å²) < 4.78 is 0. The SMILES string of the molecule is CC(C)(N)C(=O)NCCCCCC(=O)O. The molecule has 0 aromatic carbocycles. The third-order valence-corrected chi connectivity index (χ3v) is 1.94. The van der Waals surface area contributed by atoms with Gasteiger partial charge in [-0.15, -0.1) is 0 Å². The minimum Gasteiger partial charge on any atom is -0.481 e. The fourth-order valence-corrected chi connectivity index (χ4v) is 1.01. The molecule has 0 aliphatic rings. The second kappa shape index (κ2) is 6.40. The first-order chi connectivity index (χ1) is 6.84. The van der Waals surface area contributed by atoms with Gasteiger partial charge < -0.3 is 16.2 Å². The van der Waals surface area contributed by atoms with Gasteiger partial charge in [0, 0.05) is 13.0 Å². The molecule has 0 heterocycles. The summed E-state index contributed by atoms with van der Waals surface area (Å²) in [4.78, 5) is 21.5. The Kier molecular flexibility index (Phi) is 5.93. The largest absolute Gasteiger partial charge is 0.481 e. The Morgan fingerprint density at radius 2 is 1.87 bits per heavy atom. The molecule has 0 aromatic heterocycles. The van der Waals surface area contributed by atoms with E-state index in [-0.39, 0.29) is 12.3 Å². The fourth-order valence-electron chi connectivity index (χ4n) is 1.01. The highest BCUT2D eigenvalue weighted by molar-refractivity contribution is 5.84. The molecule has 88 valence electrons. The summed E-state index contributed by atoms with van der Waals surface area (Å²) in [7, 11) is 0. The Balaban J connectivity index is 3.40. The molecule has 0 bridgehead atoms. The normalized spacial score (nSPS) is 11.1. The maximum Gasteiger partial charge on any atom is 0.303 e. The van der Waals surface area contributed by atoms with E-state index in [1.807, 2.05) is 0 Å². The van der Waals surface area contributed by atoms with Crippen molar-refractivity contribution in [3.63, 3.8) is 0 Å². The molecule has 5 heteroatoms. The highest BCUT2D eigenvalue weighted by Gasteiger charge is 2.20. The van der Waals surface area contributed by atoms with E-state index in [0.29, 0.717) is 13.0 Å². The van der Waals surface area contributed by atoms with Crippen LogP contribution in [0.15, 0.2) is 0 Å². The van der Waals surface area contributed by atoms with Gasteiger partial charge in [0.2, 0.25) is 5.91 Å². The Bertz CT molecular complexity index is 221. The summed E-state index contributed by atoms with van der Waals surface area (Å²) in [5, 5.41) is 11.1. The number of carboxylic acid groups (broad SMARTS) is 1. The van der Waals surface area contributed by atoms with Gasteiger partial charge in [0.05, 0.1) is 5.54 Å². The molecule has 5 nitrogen and oxygen atoms in total. The predicted octanol–water partition coefficient (Wildman–Crippen LogP) is 0.485. The Hall–Kier alpha value is -1.10. The summed E-state index contributed by atoms with van der Waals surface area (Å²) >= 11 is 0. The lowest BCUT2D eigenvalue weighted by Crippen LogP contribution is -2.49. The first-order valence-corrected chi connectivity index (χ1v) is 5.13. The number of amides is 1. The van der Waals surface area contributed by atoms with Crippen molar-refractivity contribution in [2.45, 2.75) is 45.1 Å². The zero-order valence-corrected chi connectivity index (χ0v) is 9.38. The van der Waals surface area contributed by atoms with Crippen LogP contribution in [0.4, 0.5) is 0 Å². The number of nitrogens with one attached hydrogen (secondary N) is 1. The molecule has 0 aromatic rings. The van der Waals surface area contributed by atoms with E-state index in [0.717, 1.165) is 12.8 Å². The molecule has 0 fully saturated rings. The maximum absolute atomic E-state index is 11.3. The Morgan fingerprint density at radius 1 is 1.27 bits per heavy atom. The van der Waals surface area contributed by atoms with Crippen LogP contribution in [0.1, 0.15) is 39.5 Å². The molecular weight excluding hydrogens is 196 g/mol. The standard InChI is InChI=1S/C10H20N2O3/c1-10(2,11)9(15)12-7-5-3-4-6-8(13)14/h3-7,11H2,1-2H3,(H,12,15)(H,13,14). The highest BCUT2D eigenvalue weighted by Crippen LogP contribution is 2.00. The Labute approximate surface area is 90.0 Å².